The average Bonchev–Trinajstić information content (AvgIpc) is 3.11. The van der Waals surface area contributed by atoms with E-state index >= 15 is 0 Å². The maximum absolute atomic E-state index is 12.9. The maximum Gasteiger partial charge on any atom is 0.352 e. The number of rotatable bonds is 5. The van der Waals surface area contributed by atoms with E-state index < -0.39 is 5.97 Å². The van der Waals surface area contributed by atoms with Gasteiger partial charge in [0.1, 0.15) is 17.7 Å². The molecule has 154 valence electrons. The lowest BCUT2D eigenvalue weighted by Gasteiger charge is -2.14. The third kappa shape index (κ3) is 3.32. The Kier molecular flexibility index (Phi) is 4.82. The highest BCUT2D eigenvalue weighted by atomic mass is 16.5. The fourth-order valence-corrected chi connectivity index (χ4v) is 3.29. The van der Waals surface area contributed by atoms with Crippen molar-refractivity contribution < 1.29 is 19.0 Å². The van der Waals surface area contributed by atoms with Crippen molar-refractivity contribution in [3.63, 3.8) is 0 Å². The number of aryl methyl sites for hydroxylation is 1. The van der Waals surface area contributed by atoms with Crippen LogP contribution in [0.5, 0.6) is 0 Å². The van der Waals surface area contributed by atoms with E-state index in [9.17, 15) is 15.2 Å². The number of esters is 1. The predicted octanol–water partition coefficient (Wildman–Crippen LogP) is 1.77. The van der Waals surface area contributed by atoms with Crippen LogP contribution < -0.4 is 14.8 Å². The normalized spacial score (nSPS) is 11.2. The van der Waals surface area contributed by atoms with Gasteiger partial charge in [-0.2, -0.15) is 4.73 Å². The summed E-state index contributed by atoms with van der Waals surface area (Å²) in [5, 5.41) is 36.6. The molecule has 2 heterocycles. The minimum absolute atomic E-state index is 0.0446. The monoisotopic (exact) mass is 408 g/mol. The molecule has 0 atom stereocenters. The number of nitrogens with zero attached hydrogens (tertiary/aromatic N) is 5. The quantitative estimate of drug-likeness (QED) is 0.303. The number of hydrogen-bond donors (Lipinski definition) is 1. The van der Waals surface area contributed by atoms with Crippen LogP contribution in [0.25, 0.3) is 22.1 Å². The number of fused-ring (bicyclic) bond motifs is 2. The van der Waals surface area contributed by atoms with Gasteiger partial charge in [0.05, 0.1) is 12.1 Å². The Morgan fingerprint density at radius 1 is 1.13 bits per heavy atom. The zero-order chi connectivity index (χ0) is 21.4. The van der Waals surface area contributed by atoms with Crippen molar-refractivity contribution in [3.8, 4) is 0 Å². The van der Waals surface area contributed by atoms with Crippen LogP contribution in [0, 0.1) is 24.3 Å². The molecule has 0 aliphatic heterocycles. The lowest BCUT2D eigenvalue weighted by atomic mass is 10.2. The molecule has 0 saturated carbocycles. The number of aromatic nitrogens is 5. The van der Waals surface area contributed by atoms with Crippen molar-refractivity contribution >= 4 is 39.5 Å². The van der Waals surface area contributed by atoms with Crippen LogP contribution in [0.4, 0.5) is 11.5 Å². The number of carbonyl (C=O) groups excluding carboxylic acids is 1. The molecule has 0 amide bonds. The average molecular weight is 408 g/mol. The lowest BCUT2D eigenvalue weighted by molar-refractivity contribution is -0.623. The third-order valence-corrected chi connectivity index (χ3v) is 4.78. The second-order valence-electron chi connectivity index (χ2n) is 6.90. The first kappa shape index (κ1) is 19.4. The SMILES string of the molecule is CCOC(=O)Cn1nnc2cc(Nc3c(C)[n+]([O-])c4cc(C)ccc4[n+]3[O-])ccc21. The van der Waals surface area contributed by atoms with Crippen molar-refractivity contribution in [2.45, 2.75) is 27.3 Å². The molecule has 30 heavy (non-hydrogen) atoms. The van der Waals surface area contributed by atoms with E-state index in [1.165, 1.54) is 4.68 Å². The Bertz CT molecular complexity index is 1280. The van der Waals surface area contributed by atoms with E-state index in [0.717, 1.165) is 10.3 Å². The fourth-order valence-electron chi connectivity index (χ4n) is 3.29. The first-order chi connectivity index (χ1) is 14.4. The molecule has 1 N–H and O–H groups in total. The molecule has 10 heteroatoms. The van der Waals surface area contributed by atoms with Crippen LogP contribution in [-0.4, -0.2) is 27.6 Å². The van der Waals surface area contributed by atoms with E-state index in [1.807, 2.05) is 6.92 Å². The molecule has 0 bridgehead atoms. The molecule has 10 nitrogen and oxygen atoms in total. The molecule has 0 aliphatic rings. The zero-order valence-electron chi connectivity index (χ0n) is 16.7. The topological polar surface area (TPSA) is 123 Å². The molecule has 0 saturated heterocycles. The largest absolute Gasteiger partial charge is 0.710 e. The van der Waals surface area contributed by atoms with Gasteiger partial charge in [-0.15, -0.1) is 5.10 Å². The smallest absolute Gasteiger partial charge is 0.352 e. The highest BCUT2D eigenvalue weighted by Crippen LogP contribution is 2.22. The molecule has 0 radical (unpaired) electrons. The highest BCUT2D eigenvalue weighted by Gasteiger charge is 2.24. The van der Waals surface area contributed by atoms with Gasteiger partial charge in [0.25, 0.3) is 11.2 Å². The molecule has 4 rings (SSSR count). The van der Waals surface area contributed by atoms with Crippen molar-refractivity contribution in [1.29, 1.82) is 0 Å². The molecular formula is C20H20N6O4. The fraction of sp³-hybridized carbons (Fsp3) is 0.250. The van der Waals surface area contributed by atoms with Crippen LogP contribution in [0.2, 0.25) is 0 Å². The highest BCUT2D eigenvalue weighted by molar-refractivity contribution is 5.81. The Balaban J connectivity index is 1.70. The van der Waals surface area contributed by atoms with Crippen molar-refractivity contribution in [2.24, 2.45) is 0 Å². The van der Waals surface area contributed by atoms with Crippen molar-refractivity contribution in [3.05, 3.63) is 58.1 Å². The molecule has 0 fully saturated rings. The van der Waals surface area contributed by atoms with Gasteiger partial charge >= 0.3 is 11.8 Å². The number of ether oxygens (including phenoxy) is 1. The predicted molar refractivity (Wildman–Crippen MR) is 109 cm³/mol. The number of carbonyl (C=O) groups is 1. The Hall–Kier alpha value is -3.95. The Morgan fingerprint density at radius 2 is 1.93 bits per heavy atom. The molecule has 0 unspecified atom stereocenters. The lowest BCUT2D eigenvalue weighted by Crippen LogP contribution is -2.43. The van der Waals surface area contributed by atoms with Crippen molar-refractivity contribution in [2.75, 3.05) is 11.9 Å². The second kappa shape index (κ2) is 7.47. The number of hydrogen-bond acceptors (Lipinski definition) is 7. The third-order valence-electron chi connectivity index (χ3n) is 4.78. The molecule has 0 spiro atoms. The summed E-state index contributed by atoms with van der Waals surface area (Å²) in [7, 11) is 0. The van der Waals surface area contributed by atoms with Gasteiger partial charge in [-0.3, -0.25) is 4.79 Å². The summed E-state index contributed by atoms with van der Waals surface area (Å²) >= 11 is 0. The number of nitrogens with one attached hydrogen (secondary N) is 1. The van der Waals surface area contributed by atoms with Crippen molar-refractivity contribution in [1.82, 2.24) is 15.0 Å². The summed E-state index contributed by atoms with van der Waals surface area (Å²) in [6.07, 6.45) is 0. The van der Waals surface area contributed by atoms with Gasteiger partial charge in [0.2, 0.25) is 5.52 Å². The first-order valence-electron chi connectivity index (χ1n) is 9.41. The van der Waals surface area contributed by atoms with Gasteiger partial charge in [-0.25, -0.2) is 14.7 Å². The minimum atomic E-state index is -0.402. The molecule has 4 aromatic rings. The summed E-state index contributed by atoms with van der Waals surface area (Å²) in [5.74, 6) is -0.277. The molecule has 0 aliphatic carbocycles. The summed E-state index contributed by atoms with van der Waals surface area (Å²) in [4.78, 5) is 11.7. The van der Waals surface area contributed by atoms with Crippen LogP contribution in [0.15, 0.2) is 36.4 Å². The Morgan fingerprint density at radius 3 is 2.70 bits per heavy atom. The molecule has 2 aromatic carbocycles. The standard InChI is InChI=1S/C20H20N6O4/c1-4-30-19(27)11-24-16-8-6-14(10-15(16)22-23-24)21-20-13(3)25(28)18-9-12(2)5-7-17(18)26(20)29/h5-10,21H,4,11H2,1-3H3. The van der Waals surface area contributed by atoms with Crippen LogP contribution >= 0.6 is 0 Å². The van der Waals surface area contributed by atoms with Gasteiger partial charge in [0.15, 0.2) is 0 Å². The molecule has 2 aromatic heterocycles. The van der Waals surface area contributed by atoms with Gasteiger partial charge < -0.3 is 15.2 Å². The Labute approximate surface area is 171 Å². The van der Waals surface area contributed by atoms with E-state index in [-0.39, 0.29) is 23.6 Å². The van der Waals surface area contributed by atoms with E-state index in [0.29, 0.717) is 33.6 Å². The van der Waals surface area contributed by atoms with Crippen LogP contribution in [0.1, 0.15) is 18.2 Å². The van der Waals surface area contributed by atoms with E-state index in [2.05, 4.69) is 15.6 Å². The van der Waals surface area contributed by atoms with Crippen LogP contribution in [0.3, 0.4) is 0 Å². The number of anilines is 2. The van der Waals surface area contributed by atoms with E-state index in [1.54, 1.807) is 50.2 Å². The second-order valence-corrected chi connectivity index (χ2v) is 6.90. The zero-order valence-corrected chi connectivity index (χ0v) is 16.7. The van der Waals surface area contributed by atoms with Gasteiger partial charge in [0, 0.05) is 19.1 Å². The van der Waals surface area contributed by atoms with E-state index in [4.69, 9.17) is 4.74 Å². The number of benzene rings is 2. The van der Waals surface area contributed by atoms with Crippen LogP contribution in [-0.2, 0) is 16.1 Å². The molecular weight excluding hydrogens is 388 g/mol. The maximum atomic E-state index is 12.9. The summed E-state index contributed by atoms with van der Waals surface area (Å²) in [6.45, 7) is 5.43. The summed E-state index contributed by atoms with van der Waals surface area (Å²) in [5.41, 5.74) is 3.46. The minimum Gasteiger partial charge on any atom is -0.710 e. The summed E-state index contributed by atoms with van der Waals surface area (Å²) in [6, 6.07) is 10.2. The van der Waals surface area contributed by atoms with Gasteiger partial charge in [-0.1, -0.05) is 11.3 Å². The van der Waals surface area contributed by atoms with Gasteiger partial charge in [-0.05, 0) is 37.6 Å². The first-order valence-corrected chi connectivity index (χ1v) is 9.41. The summed E-state index contributed by atoms with van der Waals surface area (Å²) < 4.78 is 7.83.